The highest BCUT2D eigenvalue weighted by Crippen LogP contribution is 2.28. The van der Waals surface area contributed by atoms with E-state index in [1.54, 1.807) is 0 Å². The zero-order valence-corrected chi connectivity index (χ0v) is 13.1. The van der Waals surface area contributed by atoms with E-state index in [0.29, 0.717) is 12.1 Å². The van der Waals surface area contributed by atoms with E-state index in [9.17, 15) is 4.79 Å². The van der Waals surface area contributed by atoms with E-state index in [0.717, 1.165) is 62.0 Å². The third-order valence-corrected chi connectivity index (χ3v) is 4.80. The first-order chi connectivity index (χ1) is 11.3. The zero-order chi connectivity index (χ0) is 15.6. The Morgan fingerprint density at radius 2 is 2.04 bits per heavy atom. The monoisotopic (exact) mass is 314 g/mol. The maximum atomic E-state index is 12.0. The van der Waals surface area contributed by atoms with E-state index in [2.05, 4.69) is 20.9 Å². The quantitative estimate of drug-likeness (QED) is 0.808. The molecule has 1 aliphatic carbocycles. The van der Waals surface area contributed by atoms with Crippen LogP contribution in [0.1, 0.15) is 32.1 Å². The van der Waals surface area contributed by atoms with Crippen LogP contribution in [0.15, 0.2) is 22.6 Å². The summed E-state index contributed by atoms with van der Waals surface area (Å²) in [6.07, 6.45) is 5.31. The summed E-state index contributed by atoms with van der Waals surface area (Å²) < 4.78 is 5.76. The van der Waals surface area contributed by atoms with E-state index < -0.39 is 0 Å². The molecule has 0 atom stereocenters. The Bertz CT molecular complexity index is 702. The molecule has 23 heavy (non-hydrogen) atoms. The van der Waals surface area contributed by atoms with Crippen LogP contribution in [0.5, 0.6) is 0 Å². The molecular formula is C17H22N4O2. The summed E-state index contributed by atoms with van der Waals surface area (Å²) in [6, 6.07) is 6.59. The number of hydrogen-bond acceptors (Lipinski definition) is 5. The van der Waals surface area contributed by atoms with Crippen LogP contribution in [0.4, 0.5) is 11.7 Å². The molecule has 1 amide bonds. The molecule has 6 heteroatoms. The fourth-order valence-electron chi connectivity index (χ4n) is 3.12. The van der Waals surface area contributed by atoms with E-state index >= 15 is 0 Å². The van der Waals surface area contributed by atoms with Crippen LogP contribution in [0, 0.1) is 5.92 Å². The number of benzene rings is 1. The minimum Gasteiger partial charge on any atom is -0.424 e. The number of amides is 1. The average Bonchev–Trinajstić information content (AvgIpc) is 2.88. The first-order valence-electron chi connectivity index (χ1n) is 8.47. The van der Waals surface area contributed by atoms with Gasteiger partial charge in [-0.25, -0.2) is 0 Å². The van der Waals surface area contributed by atoms with Gasteiger partial charge in [-0.3, -0.25) is 4.79 Å². The van der Waals surface area contributed by atoms with Gasteiger partial charge in [0.05, 0.1) is 0 Å². The second kappa shape index (κ2) is 6.20. The molecule has 1 saturated heterocycles. The van der Waals surface area contributed by atoms with Gasteiger partial charge in [0.1, 0.15) is 5.52 Å². The van der Waals surface area contributed by atoms with E-state index in [4.69, 9.17) is 4.42 Å². The highest BCUT2D eigenvalue weighted by molar-refractivity contribution is 5.94. The molecule has 1 aromatic heterocycles. The lowest BCUT2D eigenvalue weighted by atomic mass is 9.85. The number of nitrogens with zero attached hydrogens (tertiary/aromatic N) is 1. The van der Waals surface area contributed by atoms with Gasteiger partial charge in [-0.15, -0.1) is 0 Å². The van der Waals surface area contributed by atoms with Crippen LogP contribution in [0.3, 0.4) is 0 Å². The molecule has 122 valence electrons. The van der Waals surface area contributed by atoms with Gasteiger partial charge in [-0.2, -0.15) is 4.98 Å². The summed E-state index contributed by atoms with van der Waals surface area (Å²) in [6.45, 7) is 2.05. The van der Waals surface area contributed by atoms with Crippen LogP contribution in [-0.4, -0.2) is 30.0 Å². The Balaban J connectivity index is 1.46. The Labute approximate surface area is 135 Å². The standard InChI is InChI=1S/C17H22N4O2/c22-16(11-2-1-3-11)19-13-4-5-15-14(10-13)21-17(23-15)20-12-6-8-18-9-7-12/h4-5,10-12,18H,1-3,6-9H2,(H,19,22)(H,20,21). The van der Waals surface area contributed by atoms with Gasteiger partial charge in [0.25, 0.3) is 6.01 Å². The second-order valence-electron chi connectivity index (χ2n) is 6.49. The van der Waals surface area contributed by atoms with Gasteiger partial charge in [0, 0.05) is 17.6 Å². The van der Waals surface area contributed by atoms with Crippen molar-refractivity contribution in [3.05, 3.63) is 18.2 Å². The van der Waals surface area contributed by atoms with Crippen molar-refractivity contribution in [1.29, 1.82) is 0 Å². The smallest absolute Gasteiger partial charge is 0.295 e. The number of nitrogens with one attached hydrogen (secondary N) is 3. The van der Waals surface area contributed by atoms with Crippen LogP contribution >= 0.6 is 0 Å². The predicted octanol–water partition coefficient (Wildman–Crippen LogP) is 2.73. The number of fused-ring (bicyclic) bond motifs is 1. The lowest BCUT2D eigenvalue weighted by molar-refractivity contribution is -0.122. The molecule has 0 spiro atoms. The first kappa shape index (κ1) is 14.5. The maximum Gasteiger partial charge on any atom is 0.295 e. The van der Waals surface area contributed by atoms with Crippen LogP contribution in [0.25, 0.3) is 11.1 Å². The third kappa shape index (κ3) is 3.17. The fourth-order valence-corrected chi connectivity index (χ4v) is 3.12. The normalized spacial score (nSPS) is 19.5. The van der Waals surface area contributed by atoms with Gasteiger partial charge < -0.3 is 20.4 Å². The molecule has 0 bridgehead atoms. The maximum absolute atomic E-state index is 12.0. The molecule has 1 aromatic carbocycles. The largest absolute Gasteiger partial charge is 0.424 e. The van der Waals surface area contributed by atoms with E-state index in [1.807, 2.05) is 18.2 Å². The average molecular weight is 314 g/mol. The first-order valence-corrected chi connectivity index (χ1v) is 8.47. The Hall–Kier alpha value is -2.08. The van der Waals surface area contributed by atoms with Gasteiger partial charge in [-0.05, 0) is 57.0 Å². The van der Waals surface area contributed by atoms with Crippen molar-refractivity contribution in [3.63, 3.8) is 0 Å². The van der Waals surface area contributed by atoms with Crippen LogP contribution in [0.2, 0.25) is 0 Å². The highest BCUT2D eigenvalue weighted by Gasteiger charge is 2.25. The number of carbonyl (C=O) groups excluding carboxylic acids is 1. The summed E-state index contributed by atoms with van der Waals surface area (Å²) in [4.78, 5) is 16.5. The molecule has 2 aliphatic rings. The minimum absolute atomic E-state index is 0.118. The molecule has 4 rings (SSSR count). The van der Waals surface area contributed by atoms with Crippen LogP contribution < -0.4 is 16.0 Å². The number of anilines is 2. The summed E-state index contributed by atoms with van der Waals surface area (Å²) in [5.74, 6) is 0.298. The number of carbonyl (C=O) groups is 1. The Morgan fingerprint density at radius 3 is 2.78 bits per heavy atom. The number of piperidine rings is 1. The molecule has 0 radical (unpaired) electrons. The van der Waals surface area contributed by atoms with Crippen molar-refractivity contribution in [3.8, 4) is 0 Å². The number of hydrogen-bond donors (Lipinski definition) is 3. The summed E-state index contributed by atoms with van der Waals surface area (Å²) in [5.41, 5.74) is 2.30. The summed E-state index contributed by atoms with van der Waals surface area (Å²) in [5, 5.41) is 9.68. The molecule has 6 nitrogen and oxygen atoms in total. The molecular weight excluding hydrogens is 292 g/mol. The van der Waals surface area contributed by atoms with Gasteiger partial charge in [0.2, 0.25) is 5.91 Å². The second-order valence-corrected chi connectivity index (χ2v) is 6.49. The summed E-state index contributed by atoms with van der Waals surface area (Å²) in [7, 11) is 0. The number of oxazole rings is 1. The van der Waals surface area contributed by atoms with Crippen LogP contribution in [-0.2, 0) is 4.79 Å². The summed E-state index contributed by atoms with van der Waals surface area (Å²) >= 11 is 0. The predicted molar refractivity (Wildman–Crippen MR) is 89.5 cm³/mol. The lowest BCUT2D eigenvalue weighted by Crippen LogP contribution is -2.35. The van der Waals surface area contributed by atoms with Crippen molar-refractivity contribution in [2.24, 2.45) is 5.92 Å². The molecule has 1 aliphatic heterocycles. The van der Waals surface area contributed by atoms with E-state index in [1.165, 1.54) is 0 Å². The molecule has 3 N–H and O–H groups in total. The van der Waals surface area contributed by atoms with Crippen molar-refractivity contribution in [2.45, 2.75) is 38.1 Å². The van der Waals surface area contributed by atoms with Crippen molar-refractivity contribution < 1.29 is 9.21 Å². The van der Waals surface area contributed by atoms with Gasteiger partial charge in [-0.1, -0.05) is 6.42 Å². The molecule has 0 unspecified atom stereocenters. The molecule has 2 fully saturated rings. The molecule has 2 aromatic rings. The highest BCUT2D eigenvalue weighted by atomic mass is 16.4. The Kier molecular flexibility index (Phi) is 3.91. The van der Waals surface area contributed by atoms with Gasteiger partial charge >= 0.3 is 0 Å². The minimum atomic E-state index is 0.118. The van der Waals surface area contributed by atoms with Crippen molar-refractivity contribution in [1.82, 2.24) is 10.3 Å². The number of aromatic nitrogens is 1. The van der Waals surface area contributed by atoms with Crippen molar-refractivity contribution >= 4 is 28.7 Å². The molecule has 1 saturated carbocycles. The Morgan fingerprint density at radius 1 is 1.22 bits per heavy atom. The topological polar surface area (TPSA) is 79.2 Å². The lowest BCUT2D eigenvalue weighted by Gasteiger charge is -2.23. The van der Waals surface area contributed by atoms with Crippen molar-refractivity contribution in [2.75, 3.05) is 23.7 Å². The SMILES string of the molecule is O=C(Nc1ccc2oc(NC3CCNCC3)nc2c1)C1CCC1. The zero-order valence-electron chi connectivity index (χ0n) is 13.1. The van der Waals surface area contributed by atoms with Gasteiger partial charge in [0.15, 0.2) is 5.58 Å². The molecule has 2 heterocycles. The third-order valence-electron chi connectivity index (χ3n) is 4.80. The number of rotatable bonds is 4. The fraction of sp³-hybridized carbons (Fsp3) is 0.529. The van der Waals surface area contributed by atoms with E-state index in [-0.39, 0.29) is 11.8 Å².